The molecule has 2 nitrogen and oxygen atoms in total. The third-order valence-corrected chi connectivity index (χ3v) is 3.29. The van der Waals surface area contributed by atoms with Gasteiger partial charge in [0.25, 0.3) is 0 Å². The molecule has 3 heteroatoms. The molecule has 76 valence electrons. The van der Waals surface area contributed by atoms with Crippen LogP contribution in [0.25, 0.3) is 0 Å². The highest BCUT2D eigenvalue weighted by molar-refractivity contribution is 9.10. The molecule has 1 heterocycles. The molecule has 0 fully saturated rings. The Kier molecular flexibility index (Phi) is 2.79. The lowest BCUT2D eigenvalue weighted by molar-refractivity contribution is 0.610. The van der Waals surface area contributed by atoms with Crippen molar-refractivity contribution in [3.8, 4) is 0 Å². The SMILES string of the molecule is CCC(N)N1CCc2ccc(Br)cc21. The Morgan fingerprint density at radius 2 is 2.36 bits per heavy atom. The zero-order valence-electron chi connectivity index (χ0n) is 8.33. The number of benzene rings is 1. The Labute approximate surface area is 93.2 Å². The van der Waals surface area contributed by atoms with E-state index in [4.69, 9.17) is 5.73 Å². The summed E-state index contributed by atoms with van der Waals surface area (Å²) in [4.78, 5) is 2.29. The number of nitrogens with two attached hydrogens (primary N) is 1. The van der Waals surface area contributed by atoms with E-state index < -0.39 is 0 Å². The molecule has 0 bridgehead atoms. The summed E-state index contributed by atoms with van der Waals surface area (Å²) in [6, 6.07) is 6.44. The Morgan fingerprint density at radius 1 is 1.57 bits per heavy atom. The van der Waals surface area contributed by atoms with Crippen molar-refractivity contribution in [2.24, 2.45) is 5.73 Å². The molecule has 0 radical (unpaired) electrons. The van der Waals surface area contributed by atoms with Gasteiger partial charge in [-0.1, -0.05) is 28.9 Å². The van der Waals surface area contributed by atoms with Crippen LogP contribution in [0.5, 0.6) is 0 Å². The van der Waals surface area contributed by atoms with E-state index >= 15 is 0 Å². The van der Waals surface area contributed by atoms with Gasteiger partial charge in [0.15, 0.2) is 0 Å². The Hall–Kier alpha value is -0.540. The summed E-state index contributed by atoms with van der Waals surface area (Å²) in [6.07, 6.45) is 2.27. The average molecular weight is 255 g/mol. The second kappa shape index (κ2) is 3.91. The molecule has 0 spiro atoms. The van der Waals surface area contributed by atoms with Crippen LogP contribution >= 0.6 is 15.9 Å². The number of rotatable bonds is 2. The van der Waals surface area contributed by atoms with E-state index in [-0.39, 0.29) is 6.17 Å². The van der Waals surface area contributed by atoms with Gasteiger partial charge in [0.2, 0.25) is 0 Å². The average Bonchev–Trinajstić information content (AvgIpc) is 2.59. The molecule has 1 unspecified atom stereocenters. The van der Waals surface area contributed by atoms with Gasteiger partial charge in [0.1, 0.15) is 0 Å². The van der Waals surface area contributed by atoms with E-state index in [1.165, 1.54) is 11.3 Å². The first-order valence-corrected chi connectivity index (χ1v) is 5.82. The van der Waals surface area contributed by atoms with Gasteiger partial charge in [0, 0.05) is 16.7 Å². The zero-order chi connectivity index (χ0) is 10.1. The summed E-state index contributed by atoms with van der Waals surface area (Å²) >= 11 is 3.50. The lowest BCUT2D eigenvalue weighted by Gasteiger charge is -2.26. The summed E-state index contributed by atoms with van der Waals surface area (Å²) in [6.45, 7) is 3.18. The summed E-state index contributed by atoms with van der Waals surface area (Å²) in [5.74, 6) is 0. The van der Waals surface area contributed by atoms with Gasteiger partial charge in [-0.2, -0.15) is 0 Å². The maximum absolute atomic E-state index is 6.05. The zero-order valence-corrected chi connectivity index (χ0v) is 9.92. The Morgan fingerprint density at radius 3 is 3.07 bits per heavy atom. The Bertz CT molecular complexity index is 338. The van der Waals surface area contributed by atoms with Gasteiger partial charge >= 0.3 is 0 Å². The first kappa shape index (κ1) is 9.99. The van der Waals surface area contributed by atoms with Gasteiger partial charge in [-0.15, -0.1) is 0 Å². The molecule has 1 aromatic carbocycles. The van der Waals surface area contributed by atoms with Crippen molar-refractivity contribution in [1.82, 2.24) is 0 Å². The molecule has 14 heavy (non-hydrogen) atoms. The van der Waals surface area contributed by atoms with Crippen LogP contribution in [0.3, 0.4) is 0 Å². The summed E-state index contributed by atoms with van der Waals surface area (Å²) in [5, 5.41) is 0. The third kappa shape index (κ3) is 1.66. The van der Waals surface area contributed by atoms with Gasteiger partial charge in [-0.05, 0) is 30.5 Å². The van der Waals surface area contributed by atoms with Crippen molar-refractivity contribution < 1.29 is 0 Å². The van der Waals surface area contributed by atoms with Crippen LogP contribution in [0.4, 0.5) is 5.69 Å². The number of hydrogen-bond acceptors (Lipinski definition) is 2. The lowest BCUT2D eigenvalue weighted by Crippen LogP contribution is -2.40. The fourth-order valence-electron chi connectivity index (χ4n) is 1.94. The standard InChI is InChI=1S/C11H15BrN2/c1-2-11(13)14-6-5-8-3-4-9(12)7-10(8)14/h3-4,7,11H,2,5-6,13H2,1H3. The smallest absolute Gasteiger partial charge is 0.0768 e. The highest BCUT2D eigenvalue weighted by atomic mass is 79.9. The normalized spacial score (nSPS) is 16.9. The number of nitrogens with zero attached hydrogens (tertiary/aromatic N) is 1. The number of halogens is 1. The van der Waals surface area contributed by atoms with Crippen LogP contribution in [-0.4, -0.2) is 12.7 Å². The van der Waals surface area contributed by atoms with Crippen LogP contribution < -0.4 is 10.6 Å². The van der Waals surface area contributed by atoms with E-state index in [1.54, 1.807) is 0 Å². The van der Waals surface area contributed by atoms with Crippen molar-refractivity contribution in [2.75, 3.05) is 11.4 Å². The van der Waals surface area contributed by atoms with Crippen molar-refractivity contribution in [1.29, 1.82) is 0 Å². The van der Waals surface area contributed by atoms with Gasteiger partial charge in [-0.3, -0.25) is 0 Å². The molecular formula is C11H15BrN2. The van der Waals surface area contributed by atoms with Crippen molar-refractivity contribution in [3.63, 3.8) is 0 Å². The quantitative estimate of drug-likeness (QED) is 0.879. The summed E-state index contributed by atoms with van der Waals surface area (Å²) < 4.78 is 1.13. The number of hydrogen-bond donors (Lipinski definition) is 1. The predicted octanol–water partition coefficient (Wildman–Crippen LogP) is 2.51. The molecule has 2 N–H and O–H groups in total. The molecule has 1 aliphatic heterocycles. The van der Waals surface area contributed by atoms with E-state index in [0.29, 0.717) is 0 Å². The molecular weight excluding hydrogens is 240 g/mol. The van der Waals surface area contributed by atoms with Gasteiger partial charge in [0.05, 0.1) is 6.17 Å². The van der Waals surface area contributed by atoms with Crippen LogP contribution in [0.1, 0.15) is 18.9 Å². The molecule has 0 saturated carbocycles. The van der Waals surface area contributed by atoms with Crippen LogP contribution in [0, 0.1) is 0 Å². The fourth-order valence-corrected chi connectivity index (χ4v) is 2.29. The van der Waals surface area contributed by atoms with Crippen LogP contribution in [0.2, 0.25) is 0 Å². The molecule has 0 aliphatic carbocycles. The minimum absolute atomic E-state index is 0.158. The largest absolute Gasteiger partial charge is 0.356 e. The topological polar surface area (TPSA) is 29.3 Å². The minimum atomic E-state index is 0.158. The second-order valence-electron chi connectivity index (χ2n) is 3.69. The maximum Gasteiger partial charge on any atom is 0.0768 e. The van der Waals surface area contributed by atoms with E-state index in [1.807, 2.05) is 0 Å². The monoisotopic (exact) mass is 254 g/mol. The molecule has 1 aliphatic rings. The minimum Gasteiger partial charge on any atom is -0.356 e. The Balaban J connectivity index is 2.33. The first-order chi connectivity index (χ1) is 6.72. The highest BCUT2D eigenvalue weighted by Crippen LogP contribution is 2.31. The number of anilines is 1. The van der Waals surface area contributed by atoms with E-state index in [2.05, 4.69) is 46.0 Å². The molecule has 2 rings (SSSR count). The predicted molar refractivity (Wildman–Crippen MR) is 63.5 cm³/mol. The molecule has 0 saturated heterocycles. The maximum atomic E-state index is 6.05. The van der Waals surface area contributed by atoms with Gasteiger partial charge < -0.3 is 10.6 Å². The molecule has 0 amide bonds. The van der Waals surface area contributed by atoms with Crippen LogP contribution in [0.15, 0.2) is 22.7 Å². The summed E-state index contributed by atoms with van der Waals surface area (Å²) in [5.41, 5.74) is 8.77. The van der Waals surface area contributed by atoms with E-state index in [0.717, 1.165) is 23.9 Å². The van der Waals surface area contributed by atoms with Crippen molar-refractivity contribution >= 4 is 21.6 Å². The van der Waals surface area contributed by atoms with Crippen LogP contribution in [-0.2, 0) is 6.42 Å². The van der Waals surface area contributed by atoms with Crippen molar-refractivity contribution in [3.05, 3.63) is 28.2 Å². The molecule has 0 aromatic heterocycles. The fraction of sp³-hybridized carbons (Fsp3) is 0.455. The van der Waals surface area contributed by atoms with E-state index in [9.17, 15) is 0 Å². The lowest BCUT2D eigenvalue weighted by atomic mass is 10.2. The van der Waals surface area contributed by atoms with Gasteiger partial charge in [-0.25, -0.2) is 0 Å². The second-order valence-corrected chi connectivity index (χ2v) is 4.61. The highest BCUT2D eigenvalue weighted by Gasteiger charge is 2.22. The third-order valence-electron chi connectivity index (χ3n) is 2.80. The molecule has 1 aromatic rings. The summed E-state index contributed by atoms with van der Waals surface area (Å²) in [7, 11) is 0. The number of fused-ring (bicyclic) bond motifs is 1. The van der Waals surface area contributed by atoms with Crippen molar-refractivity contribution in [2.45, 2.75) is 25.9 Å². The molecule has 1 atom stereocenters. The first-order valence-electron chi connectivity index (χ1n) is 5.03.